The van der Waals surface area contributed by atoms with Gasteiger partial charge in [-0.2, -0.15) is 0 Å². The number of benzene rings is 3. The topological polar surface area (TPSA) is 42.0 Å². The molecule has 1 heterocycles. The van der Waals surface area contributed by atoms with Crippen LogP contribution >= 0.6 is 11.3 Å². The molecule has 0 saturated carbocycles. The number of carbonyl (C=O) groups is 1. The number of aromatic nitrogens is 1. The highest BCUT2D eigenvalue weighted by atomic mass is 32.1. The number of hydrogen-bond acceptors (Lipinski definition) is 3. The van der Waals surface area contributed by atoms with Crippen LogP contribution in [-0.4, -0.2) is 10.9 Å². The number of rotatable bonds is 4. The van der Waals surface area contributed by atoms with E-state index in [1.54, 1.807) is 11.3 Å². The Morgan fingerprint density at radius 1 is 0.920 bits per heavy atom. The molecule has 0 aliphatic carbocycles. The molecule has 0 aliphatic rings. The summed E-state index contributed by atoms with van der Waals surface area (Å²) in [6, 6.07) is 23.8. The van der Waals surface area contributed by atoms with Crippen molar-refractivity contribution >= 4 is 33.1 Å². The van der Waals surface area contributed by atoms with E-state index in [0.717, 1.165) is 22.3 Å². The fourth-order valence-corrected chi connectivity index (χ4v) is 3.46. The molecule has 4 heteroatoms. The highest BCUT2D eigenvalue weighted by molar-refractivity contribution is 7.16. The molecule has 0 spiro atoms. The molecule has 1 N–H and O–H groups in total. The van der Waals surface area contributed by atoms with Gasteiger partial charge >= 0.3 is 0 Å². The van der Waals surface area contributed by atoms with Gasteiger partial charge in [-0.25, -0.2) is 4.98 Å². The predicted octanol–water partition coefficient (Wildman–Crippen LogP) is 5.14. The maximum absolute atomic E-state index is 12.4. The van der Waals surface area contributed by atoms with E-state index in [1.165, 1.54) is 11.1 Å². The van der Waals surface area contributed by atoms with Crippen LogP contribution < -0.4 is 5.32 Å². The van der Waals surface area contributed by atoms with Crippen molar-refractivity contribution in [2.45, 2.75) is 6.42 Å². The molecule has 0 bridgehead atoms. The third-order valence-corrected chi connectivity index (χ3v) is 4.85. The van der Waals surface area contributed by atoms with Gasteiger partial charge in [0.1, 0.15) is 0 Å². The van der Waals surface area contributed by atoms with Gasteiger partial charge in [-0.05, 0) is 47.9 Å². The molecule has 3 aromatic carbocycles. The summed E-state index contributed by atoms with van der Waals surface area (Å²) in [5.41, 5.74) is 6.65. The van der Waals surface area contributed by atoms with Gasteiger partial charge in [0.05, 0.1) is 15.7 Å². The van der Waals surface area contributed by atoms with Gasteiger partial charge in [-0.3, -0.25) is 4.79 Å². The summed E-state index contributed by atoms with van der Waals surface area (Å²) in [6.45, 7) is 0. The first-order valence-electron chi connectivity index (χ1n) is 8.05. The Hall–Kier alpha value is -2.98. The van der Waals surface area contributed by atoms with Crippen molar-refractivity contribution in [2.24, 2.45) is 0 Å². The molecule has 0 saturated heterocycles. The van der Waals surface area contributed by atoms with Crippen molar-refractivity contribution in [1.82, 2.24) is 4.98 Å². The lowest BCUT2D eigenvalue weighted by molar-refractivity contribution is 0.102. The van der Waals surface area contributed by atoms with Crippen LogP contribution in [0, 0.1) is 0 Å². The van der Waals surface area contributed by atoms with E-state index >= 15 is 0 Å². The lowest BCUT2D eigenvalue weighted by atomic mass is 10.0. The summed E-state index contributed by atoms with van der Waals surface area (Å²) < 4.78 is 1.07. The van der Waals surface area contributed by atoms with Crippen LogP contribution in [0.15, 0.2) is 78.3 Å². The van der Waals surface area contributed by atoms with Crippen LogP contribution in [0.5, 0.6) is 0 Å². The standard InChI is InChI=1S/C21H16N2OS/c24-21(23-18-10-11-19-20(13-18)25-14-22-19)17-8-6-16(7-9-17)12-15-4-2-1-3-5-15/h1-11,13-14H,12H2,(H,23,24). The quantitative estimate of drug-likeness (QED) is 0.557. The molecular formula is C21H16N2OS. The first-order valence-corrected chi connectivity index (χ1v) is 8.93. The van der Waals surface area contributed by atoms with Gasteiger partial charge in [0, 0.05) is 11.3 Å². The first-order chi connectivity index (χ1) is 12.3. The molecule has 25 heavy (non-hydrogen) atoms. The minimum absolute atomic E-state index is 0.102. The average molecular weight is 344 g/mol. The van der Waals surface area contributed by atoms with Crippen LogP contribution in [0.2, 0.25) is 0 Å². The van der Waals surface area contributed by atoms with Crippen LogP contribution in [-0.2, 0) is 6.42 Å². The summed E-state index contributed by atoms with van der Waals surface area (Å²) in [5.74, 6) is -0.102. The number of nitrogens with zero attached hydrogens (tertiary/aromatic N) is 1. The highest BCUT2D eigenvalue weighted by Gasteiger charge is 2.07. The third kappa shape index (κ3) is 3.59. The van der Waals surface area contributed by atoms with E-state index in [-0.39, 0.29) is 5.91 Å². The van der Waals surface area contributed by atoms with Crippen LogP contribution in [0.3, 0.4) is 0 Å². The Labute approximate surface area is 150 Å². The minimum Gasteiger partial charge on any atom is -0.322 e. The molecule has 122 valence electrons. The third-order valence-electron chi connectivity index (χ3n) is 4.06. The lowest BCUT2D eigenvalue weighted by Gasteiger charge is -2.07. The van der Waals surface area contributed by atoms with E-state index in [1.807, 2.05) is 66.2 Å². The van der Waals surface area contributed by atoms with Gasteiger partial charge in [-0.15, -0.1) is 11.3 Å². The molecule has 0 fully saturated rings. The number of thiazole rings is 1. The van der Waals surface area contributed by atoms with E-state index in [4.69, 9.17) is 0 Å². The first kappa shape index (κ1) is 15.5. The van der Waals surface area contributed by atoms with Gasteiger partial charge in [-0.1, -0.05) is 42.5 Å². The number of anilines is 1. The van der Waals surface area contributed by atoms with Gasteiger partial charge in [0.15, 0.2) is 0 Å². The summed E-state index contributed by atoms with van der Waals surface area (Å²) in [4.78, 5) is 16.7. The number of carbonyl (C=O) groups excluding carboxylic acids is 1. The summed E-state index contributed by atoms with van der Waals surface area (Å²) in [7, 11) is 0. The number of amides is 1. The second kappa shape index (κ2) is 6.87. The zero-order chi connectivity index (χ0) is 17.1. The van der Waals surface area contributed by atoms with Crippen LogP contribution in [0.25, 0.3) is 10.2 Å². The number of hydrogen-bond donors (Lipinski definition) is 1. The van der Waals surface area contributed by atoms with E-state index in [9.17, 15) is 4.79 Å². The SMILES string of the molecule is O=C(Nc1ccc2ncsc2c1)c1ccc(Cc2ccccc2)cc1. The van der Waals surface area contributed by atoms with Gasteiger partial charge in [0.25, 0.3) is 5.91 Å². The maximum Gasteiger partial charge on any atom is 0.255 e. The monoisotopic (exact) mass is 344 g/mol. The fourth-order valence-electron chi connectivity index (χ4n) is 2.74. The molecule has 1 amide bonds. The normalized spacial score (nSPS) is 10.7. The molecule has 0 radical (unpaired) electrons. The number of fused-ring (bicyclic) bond motifs is 1. The zero-order valence-corrected chi connectivity index (χ0v) is 14.3. The molecule has 4 rings (SSSR count). The molecule has 3 nitrogen and oxygen atoms in total. The van der Waals surface area contributed by atoms with Crippen molar-refractivity contribution in [2.75, 3.05) is 5.32 Å². The largest absolute Gasteiger partial charge is 0.322 e. The van der Waals surface area contributed by atoms with Crippen LogP contribution in [0.4, 0.5) is 5.69 Å². The second-order valence-electron chi connectivity index (χ2n) is 5.85. The highest BCUT2D eigenvalue weighted by Crippen LogP contribution is 2.22. The van der Waals surface area contributed by atoms with E-state index < -0.39 is 0 Å². The van der Waals surface area contributed by atoms with Gasteiger partial charge in [0.2, 0.25) is 0 Å². The molecule has 4 aromatic rings. The van der Waals surface area contributed by atoms with Gasteiger partial charge < -0.3 is 5.32 Å². The fraction of sp³-hybridized carbons (Fsp3) is 0.0476. The molecule has 1 aromatic heterocycles. The minimum atomic E-state index is -0.102. The summed E-state index contributed by atoms with van der Waals surface area (Å²) in [6.07, 6.45) is 0.866. The van der Waals surface area contributed by atoms with Crippen LogP contribution in [0.1, 0.15) is 21.5 Å². The van der Waals surface area contributed by atoms with E-state index in [0.29, 0.717) is 5.56 Å². The molecule has 0 aliphatic heterocycles. The molecule has 0 atom stereocenters. The van der Waals surface area contributed by atoms with Crippen molar-refractivity contribution < 1.29 is 4.79 Å². The van der Waals surface area contributed by atoms with Crippen molar-refractivity contribution in [1.29, 1.82) is 0 Å². The Kier molecular flexibility index (Phi) is 4.27. The average Bonchev–Trinajstić information content (AvgIpc) is 3.11. The van der Waals surface area contributed by atoms with Crippen molar-refractivity contribution in [3.63, 3.8) is 0 Å². The Balaban J connectivity index is 1.46. The Bertz CT molecular complexity index is 1010. The number of nitrogens with one attached hydrogen (secondary N) is 1. The lowest BCUT2D eigenvalue weighted by Crippen LogP contribution is -2.11. The Morgan fingerprint density at radius 3 is 2.48 bits per heavy atom. The zero-order valence-electron chi connectivity index (χ0n) is 13.5. The predicted molar refractivity (Wildman–Crippen MR) is 103 cm³/mol. The smallest absolute Gasteiger partial charge is 0.255 e. The summed E-state index contributed by atoms with van der Waals surface area (Å²) in [5, 5.41) is 2.95. The van der Waals surface area contributed by atoms with Crippen molar-refractivity contribution in [3.8, 4) is 0 Å². The maximum atomic E-state index is 12.4. The molecule has 0 unspecified atom stereocenters. The molecular weight excluding hydrogens is 328 g/mol. The van der Waals surface area contributed by atoms with E-state index in [2.05, 4.69) is 22.4 Å². The Morgan fingerprint density at radius 2 is 1.68 bits per heavy atom. The summed E-state index contributed by atoms with van der Waals surface area (Å²) >= 11 is 1.56. The second-order valence-corrected chi connectivity index (χ2v) is 6.73. The van der Waals surface area contributed by atoms with Crippen molar-refractivity contribution in [3.05, 3.63) is 95.0 Å².